The molecule has 1 N–H and O–H groups in total. The van der Waals surface area contributed by atoms with Crippen molar-refractivity contribution in [3.8, 4) is 22.4 Å². The van der Waals surface area contributed by atoms with E-state index >= 15 is 0 Å². The molecule has 7 nitrogen and oxygen atoms in total. The summed E-state index contributed by atoms with van der Waals surface area (Å²) in [6.07, 6.45) is -0.759. The molecule has 2 aromatic heterocycles. The van der Waals surface area contributed by atoms with E-state index in [1.807, 2.05) is 30.3 Å². The second-order valence-electron chi connectivity index (χ2n) is 9.11. The van der Waals surface area contributed by atoms with Crippen LogP contribution in [0.3, 0.4) is 0 Å². The molecule has 1 amide bonds. The van der Waals surface area contributed by atoms with Gasteiger partial charge in [-0.05, 0) is 18.2 Å². The number of aromatic nitrogens is 3. The van der Waals surface area contributed by atoms with Crippen LogP contribution >= 0.6 is 0 Å². The third-order valence-corrected chi connectivity index (χ3v) is 8.63. The molecule has 0 fully saturated rings. The van der Waals surface area contributed by atoms with Crippen molar-refractivity contribution in [1.29, 1.82) is 0 Å². The first-order valence-electron chi connectivity index (χ1n) is 12.5. The predicted molar refractivity (Wildman–Crippen MR) is 152 cm³/mol. The molecular weight excluding hydrogens is 596 g/mol. The Bertz CT molecular complexity index is 1740. The molecule has 1 unspecified atom stereocenters. The van der Waals surface area contributed by atoms with Crippen LogP contribution in [0.4, 0.5) is 18.9 Å². The van der Waals surface area contributed by atoms with Crippen molar-refractivity contribution >= 4 is 41.9 Å². The molecule has 5 aromatic rings. The number of hydrogen-bond acceptors (Lipinski definition) is 5. The summed E-state index contributed by atoms with van der Waals surface area (Å²) in [4.78, 5) is 29.6. The zero-order chi connectivity index (χ0) is 29.0. The number of ether oxygens (including phenoxy) is 1. The topological polar surface area (TPSA) is 85.6 Å². The van der Waals surface area contributed by atoms with E-state index in [0.29, 0.717) is 30.1 Å². The van der Waals surface area contributed by atoms with Gasteiger partial charge in [-0.25, -0.2) is 0 Å². The van der Waals surface area contributed by atoms with E-state index in [0.717, 1.165) is 33.2 Å². The number of nitrogens with one attached hydrogen (secondary N) is 1. The number of methoxy groups -OCH3 is 1. The van der Waals surface area contributed by atoms with Gasteiger partial charge in [-0.2, -0.15) is 13.2 Å². The van der Waals surface area contributed by atoms with Gasteiger partial charge in [-0.15, -0.1) is 0 Å². The van der Waals surface area contributed by atoms with Crippen molar-refractivity contribution in [2.24, 2.45) is 0 Å². The second-order valence-corrected chi connectivity index (χ2v) is 12.0. The first-order chi connectivity index (χ1) is 19.7. The molecule has 0 aliphatic heterocycles. The molecule has 0 aliphatic rings. The molecule has 2 heterocycles. The van der Waals surface area contributed by atoms with Crippen molar-refractivity contribution in [3.05, 3.63) is 102 Å². The third kappa shape index (κ3) is 6.56. The Morgan fingerprint density at radius 2 is 1.76 bits per heavy atom. The summed E-state index contributed by atoms with van der Waals surface area (Å²) in [5.41, 5.74) is 3.16. The molecular formula is C30H24AsF3N4O3. The number of amides is 1. The molecule has 3 aromatic carbocycles. The van der Waals surface area contributed by atoms with Crippen LogP contribution in [-0.2, 0) is 15.7 Å². The molecule has 0 bridgehead atoms. The molecule has 1 atom stereocenters. The summed E-state index contributed by atoms with van der Waals surface area (Å²) < 4.78 is 47.2. The number of carbonyl (C=O) groups is 2. The summed E-state index contributed by atoms with van der Waals surface area (Å²) in [5.74, 6) is -0.654. The molecule has 0 saturated carbocycles. The first-order valence-corrected chi connectivity index (χ1v) is 14.6. The van der Waals surface area contributed by atoms with E-state index in [9.17, 15) is 22.8 Å². The van der Waals surface area contributed by atoms with E-state index in [-0.39, 0.29) is 10.1 Å². The Morgan fingerprint density at radius 3 is 2.56 bits per heavy atom. The number of halogens is 3. The van der Waals surface area contributed by atoms with Crippen molar-refractivity contribution in [1.82, 2.24) is 14.6 Å². The fourth-order valence-electron chi connectivity index (χ4n) is 4.29. The van der Waals surface area contributed by atoms with Crippen molar-refractivity contribution in [3.63, 3.8) is 0 Å². The molecule has 0 spiro atoms. The number of benzene rings is 3. The van der Waals surface area contributed by atoms with Crippen LogP contribution in [0.25, 0.3) is 28.0 Å². The van der Waals surface area contributed by atoms with Gasteiger partial charge in [0.05, 0.1) is 5.56 Å². The van der Waals surface area contributed by atoms with Crippen LogP contribution in [0.2, 0.25) is 0 Å². The van der Waals surface area contributed by atoms with E-state index in [4.69, 9.17) is 4.74 Å². The Labute approximate surface area is 240 Å². The van der Waals surface area contributed by atoms with Gasteiger partial charge < -0.3 is 0 Å². The number of hydrogen-bond donors (Lipinski definition) is 1. The molecule has 11 heteroatoms. The standard InChI is InChI=1S/C30H24AsF3N4O3/c1-41-14-12-27(39)31-23-9-3-5-19(16-23)25-18-36-38-26(11-13-35-28(25)38)20-6-4-10-24(17-20)37-29(40)21-7-2-8-22(15-21)30(32,33)34/h2-11,13,15-18,31H,12,14H2,1H3,(H,37,40). The summed E-state index contributed by atoms with van der Waals surface area (Å²) in [6.45, 7) is 0.416. The number of nitrogens with zero attached hydrogens (tertiary/aromatic N) is 3. The van der Waals surface area contributed by atoms with Gasteiger partial charge >= 0.3 is 187 Å². The van der Waals surface area contributed by atoms with Crippen molar-refractivity contribution < 1.29 is 27.5 Å². The van der Waals surface area contributed by atoms with E-state index < -0.39 is 33.4 Å². The fraction of sp³-hybridized carbons (Fsp3) is 0.133. The van der Waals surface area contributed by atoms with Gasteiger partial charge in [0.2, 0.25) is 0 Å². The Morgan fingerprint density at radius 1 is 0.976 bits per heavy atom. The molecule has 0 aliphatic carbocycles. The van der Waals surface area contributed by atoms with E-state index in [2.05, 4.69) is 15.4 Å². The van der Waals surface area contributed by atoms with Gasteiger partial charge in [-0.3, -0.25) is 4.79 Å². The number of rotatable bonds is 9. The maximum absolute atomic E-state index is 13.1. The van der Waals surface area contributed by atoms with Crippen LogP contribution in [0, 0.1) is 0 Å². The average molecular weight is 620 g/mol. The zero-order valence-electron chi connectivity index (χ0n) is 21.8. The average Bonchev–Trinajstić information content (AvgIpc) is 3.40. The Balaban J connectivity index is 1.41. The maximum atomic E-state index is 13.1. The summed E-state index contributed by atoms with van der Waals surface area (Å²) >= 11 is -0.976. The van der Waals surface area contributed by atoms with Gasteiger partial charge in [-0.1, -0.05) is 6.07 Å². The number of anilines is 1. The summed E-state index contributed by atoms with van der Waals surface area (Å²) in [6, 6.07) is 20.8. The number of alkyl halides is 3. The normalized spacial score (nSPS) is 11.8. The quantitative estimate of drug-likeness (QED) is 0.236. The van der Waals surface area contributed by atoms with Crippen LogP contribution in [0.1, 0.15) is 22.3 Å². The minimum atomic E-state index is -4.55. The molecule has 0 radical (unpaired) electrons. The molecule has 41 heavy (non-hydrogen) atoms. The van der Waals surface area contributed by atoms with Crippen molar-refractivity contribution in [2.75, 3.05) is 19.0 Å². The zero-order valence-corrected chi connectivity index (χ0v) is 23.9. The molecule has 0 saturated heterocycles. The van der Waals surface area contributed by atoms with E-state index in [1.165, 1.54) is 12.1 Å². The third-order valence-electron chi connectivity index (χ3n) is 6.26. The molecule has 208 valence electrons. The van der Waals surface area contributed by atoms with Crippen LogP contribution in [0.5, 0.6) is 0 Å². The second kappa shape index (κ2) is 12.1. The predicted octanol–water partition coefficient (Wildman–Crippen LogP) is 4.96. The van der Waals surface area contributed by atoms with Crippen LogP contribution < -0.4 is 9.67 Å². The fourth-order valence-corrected chi connectivity index (χ4v) is 6.30. The van der Waals surface area contributed by atoms with E-state index in [1.54, 1.807) is 48.3 Å². The van der Waals surface area contributed by atoms with Gasteiger partial charge in [0.15, 0.2) is 0 Å². The van der Waals surface area contributed by atoms with Crippen LogP contribution in [-0.4, -0.2) is 54.5 Å². The van der Waals surface area contributed by atoms with Crippen LogP contribution in [0.15, 0.2) is 91.3 Å². The van der Waals surface area contributed by atoms with Gasteiger partial charge in [0, 0.05) is 5.56 Å². The summed E-state index contributed by atoms with van der Waals surface area (Å²) in [7, 11) is 1.58. The number of fused-ring (bicyclic) bond motifs is 1. The summed E-state index contributed by atoms with van der Waals surface area (Å²) in [5, 5.41) is 7.24. The minimum absolute atomic E-state index is 0.0985. The Kier molecular flexibility index (Phi) is 8.33. The first kappa shape index (κ1) is 28.3. The molecule has 5 rings (SSSR count). The van der Waals surface area contributed by atoms with Gasteiger partial charge in [0.1, 0.15) is 0 Å². The SMILES string of the molecule is COCCC(=O)[AsH]c1cccc(-c2cnn3c(-c4cccc(NC(=O)c5cccc(C(F)(F)F)c5)c4)ccnc23)c1. The Hall–Kier alpha value is -4.27. The van der Waals surface area contributed by atoms with Crippen molar-refractivity contribution in [2.45, 2.75) is 12.6 Å². The monoisotopic (exact) mass is 620 g/mol. The number of carbonyl (C=O) groups excluding carboxylic acids is 2. The van der Waals surface area contributed by atoms with Gasteiger partial charge in [0.25, 0.3) is 0 Å².